The number of nitrogens with zero attached hydrogens (tertiary/aromatic N) is 2. The lowest BCUT2D eigenvalue weighted by atomic mass is 9.86. The number of hydrogen-bond donors (Lipinski definition) is 2. The first-order valence-corrected chi connectivity index (χ1v) is 11.8. The molecule has 4 aromatic rings. The standard InChI is InChI=1S/C28H28N4O2S/c1-18-7-5-9-21(15-18)26-31-24(34-32-26)17-29-27(35)30-23-10-6-8-20(16-23)25(33)19-11-13-22(14-12-19)28(2,3)4/h5-16H,17H2,1-4H3,(H2,29,30,35). The molecular weight excluding hydrogens is 456 g/mol. The molecule has 0 aliphatic carbocycles. The summed E-state index contributed by atoms with van der Waals surface area (Å²) in [5.41, 5.74) is 5.20. The summed E-state index contributed by atoms with van der Waals surface area (Å²) in [6.07, 6.45) is 0. The van der Waals surface area contributed by atoms with Crippen molar-refractivity contribution >= 4 is 28.8 Å². The van der Waals surface area contributed by atoms with Gasteiger partial charge < -0.3 is 15.2 Å². The molecule has 0 amide bonds. The normalized spacial score (nSPS) is 11.2. The number of nitrogens with one attached hydrogen (secondary N) is 2. The zero-order valence-electron chi connectivity index (χ0n) is 20.3. The largest absolute Gasteiger partial charge is 0.353 e. The quantitative estimate of drug-likeness (QED) is 0.254. The number of rotatable bonds is 6. The summed E-state index contributed by atoms with van der Waals surface area (Å²) >= 11 is 5.41. The molecule has 0 spiro atoms. The first kappa shape index (κ1) is 24.3. The van der Waals surface area contributed by atoms with Crippen LogP contribution in [0, 0.1) is 6.92 Å². The average molecular weight is 485 g/mol. The molecule has 0 atom stereocenters. The molecule has 2 N–H and O–H groups in total. The van der Waals surface area contributed by atoms with E-state index in [0.29, 0.717) is 33.6 Å². The van der Waals surface area contributed by atoms with Crippen LogP contribution in [-0.2, 0) is 12.0 Å². The molecule has 35 heavy (non-hydrogen) atoms. The van der Waals surface area contributed by atoms with Crippen LogP contribution >= 0.6 is 12.2 Å². The Morgan fingerprint density at radius 1 is 0.971 bits per heavy atom. The van der Waals surface area contributed by atoms with E-state index in [0.717, 1.165) is 11.1 Å². The molecule has 6 nitrogen and oxygen atoms in total. The van der Waals surface area contributed by atoms with Crippen molar-refractivity contribution in [3.8, 4) is 11.4 Å². The summed E-state index contributed by atoms with van der Waals surface area (Å²) < 4.78 is 5.33. The van der Waals surface area contributed by atoms with Gasteiger partial charge in [-0.3, -0.25) is 4.79 Å². The van der Waals surface area contributed by atoms with E-state index in [4.69, 9.17) is 16.7 Å². The highest BCUT2D eigenvalue weighted by molar-refractivity contribution is 7.80. The van der Waals surface area contributed by atoms with Gasteiger partial charge in [-0.1, -0.05) is 86.1 Å². The SMILES string of the molecule is Cc1cccc(-c2noc(CNC(=S)Nc3cccc(C(=O)c4ccc(C(C)(C)C)cc4)c3)n2)c1. The highest BCUT2D eigenvalue weighted by atomic mass is 32.1. The molecule has 7 heteroatoms. The monoisotopic (exact) mass is 484 g/mol. The summed E-state index contributed by atoms with van der Waals surface area (Å²) in [6.45, 7) is 8.75. The van der Waals surface area contributed by atoms with Crippen LogP contribution in [0.1, 0.15) is 53.7 Å². The van der Waals surface area contributed by atoms with Gasteiger partial charge in [0.25, 0.3) is 0 Å². The Bertz CT molecular complexity index is 1350. The van der Waals surface area contributed by atoms with Gasteiger partial charge in [0.1, 0.15) is 0 Å². The molecule has 0 saturated carbocycles. The van der Waals surface area contributed by atoms with Crippen LogP contribution in [0.4, 0.5) is 5.69 Å². The van der Waals surface area contributed by atoms with Crippen LogP contribution in [0.5, 0.6) is 0 Å². The highest BCUT2D eigenvalue weighted by Crippen LogP contribution is 2.23. The third-order valence-electron chi connectivity index (χ3n) is 5.54. The predicted octanol–water partition coefficient (Wildman–Crippen LogP) is 6.06. The molecule has 3 aromatic carbocycles. The molecule has 4 rings (SSSR count). The first-order chi connectivity index (χ1) is 16.7. The maximum atomic E-state index is 13.0. The van der Waals surface area contributed by atoms with Gasteiger partial charge in [0.15, 0.2) is 10.9 Å². The summed E-state index contributed by atoms with van der Waals surface area (Å²) in [6, 6.07) is 23.0. The van der Waals surface area contributed by atoms with Crippen molar-refractivity contribution in [1.29, 1.82) is 0 Å². The molecule has 1 aromatic heterocycles. The fourth-order valence-corrected chi connectivity index (χ4v) is 3.78. The molecular formula is C28H28N4O2S. The molecule has 0 aliphatic heterocycles. The van der Waals surface area contributed by atoms with Gasteiger partial charge in [-0.15, -0.1) is 0 Å². The van der Waals surface area contributed by atoms with E-state index in [1.807, 2.05) is 67.6 Å². The van der Waals surface area contributed by atoms with Crippen LogP contribution in [-0.4, -0.2) is 21.0 Å². The Labute approximate surface area is 210 Å². The Balaban J connectivity index is 1.36. The number of anilines is 1. The van der Waals surface area contributed by atoms with Gasteiger partial charge in [-0.2, -0.15) is 4.98 Å². The summed E-state index contributed by atoms with van der Waals surface area (Å²) in [7, 11) is 0. The second-order valence-electron chi connectivity index (χ2n) is 9.43. The predicted molar refractivity (Wildman–Crippen MR) is 143 cm³/mol. The molecule has 0 bridgehead atoms. The number of ketones is 1. The number of carbonyl (C=O) groups is 1. The van der Waals surface area contributed by atoms with E-state index in [-0.39, 0.29) is 17.7 Å². The van der Waals surface area contributed by atoms with E-state index in [2.05, 4.69) is 41.5 Å². The number of benzene rings is 3. The Kier molecular flexibility index (Phi) is 7.07. The van der Waals surface area contributed by atoms with Crippen molar-refractivity contribution < 1.29 is 9.32 Å². The Morgan fingerprint density at radius 2 is 1.71 bits per heavy atom. The van der Waals surface area contributed by atoms with Gasteiger partial charge in [0.05, 0.1) is 6.54 Å². The summed E-state index contributed by atoms with van der Waals surface area (Å²) in [5.74, 6) is 0.918. The Hall–Kier alpha value is -3.84. The lowest BCUT2D eigenvalue weighted by Gasteiger charge is -2.19. The van der Waals surface area contributed by atoms with E-state index in [1.165, 1.54) is 5.56 Å². The number of aryl methyl sites for hydroxylation is 1. The van der Waals surface area contributed by atoms with Gasteiger partial charge >= 0.3 is 0 Å². The number of carbonyl (C=O) groups excluding carboxylic acids is 1. The minimum atomic E-state index is -0.0393. The molecule has 0 radical (unpaired) electrons. The van der Waals surface area contributed by atoms with Crippen molar-refractivity contribution in [3.05, 3.63) is 101 Å². The molecule has 0 fully saturated rings. The summed E-state index contributed by atoms with van der Waals surface area (Å²) in [4.78, 5) is 17.4. The van der Waals surface area contributed by atoms with Crippen LogP contribution < -0.4 is 10.6 Å². The molecule has 0 saturated heterocycles. The Morgan fingerprint density at radius 3 is 2.43 bits per heavy atom. The highest BCUT2D eigenvalue weighted by Gasteiger charge is 2.15. The van der Waals surface area contributed by atoms with Crippen LogP contribution in [0.2, 0.25) is 0 Å². The van der Waals surface area contributed by atoms with E-state index in [9.17, 15) is 4.79 Å². The zero-order valence-corrected chi connectivity index (χ0v) is 21.1. The maximum Gasteiger partial charge on any atom is 0.246 e. The minimum absolute atomic E-state index is 0.0392. The third kappa shape index (κ3) is 6.19. The number of thiocarbonyl (C=S) groups is 1. The van der Waals surface area contributed by atoms with Gasteiger partial charge in [-0.25, -0.2) is 0 Å². The third-order valence-corrected chi connectivity index (χ3v) is 5.79. The van der Waals surface area contributed by atoms with E-state index >= 15 is 0 Å². The van der Waals surface area contributed by atoms with Crippen LogP contribution in [0.25, 0.3) is 11.4 Å². The number of aromatic nitrogens is 2. The van der Waals surface area contributed by atoms with E-state index < -0.39 is 0 Å². The fourth-order valence-electron chi connectivity index (χ4n) is 3.59. The van der Waals surface area contributed by atoms with Crippen molar-refractivity contribution in [2.45, 2.75) is 39.7 Å². The van der Waals surface area contributed by atoms with Crippen molar-refractivity contribution in [2.75, 3.05) is 5.32 Å². The minimum Gasteiger partial charge on any atom is -0.353 e. The maximum absolute atomic E-state index is 13.0. The molecule has 178 valence electrons. The summed E-state index contributed by atoms with van der Waals surface area (Å²) in [5, 5.41) is 10.6. The lowest BCUT2D eigenvalue weighted by molar-refractivity contribution is 0.103. The smallest absolute Gasteiger partial charge is 0.246 e. The zero-order chi connectivity index (χ0) is 25.0. The van der Waals surface area contributed by atoms with Crippen molar-refractivity contribution in [1.82, 2.24) is 15.5 Å². The van der Waals surface area contributed by atoms with Crippen molar-refractivity contribution in [3.63, 3.8) is 0 Å². The van der Waals surface area contributed by atoms with Crippen LogP contribution in [0.3, 0.4) is 0 Å². The van der Waals surface area contributed by atoms with Gasteiger partial charge in [0, 0.05) is 22.4 Å². The molecule has 1 heterocycles. The topological polar surface area (TPSA) is 80.0 Å². The second kappa shape index (κ2) is 10.2. The lowest BCUT2D eigenvalue weighted by Crippen LogP contribution is -2.28. The van der Waals surface area contributed by atoms with Gasteiger partial charge in [-0.05, 0) is 48.3 Å². The number of hydrogen-bond acceptors (Lipinski definition) is 5. The first-order valence-electron chi connectivity index (χ1n) is 11.4. The average Bonchev–Trinajstić information content (AvgIpc) is 3.31. The van der Waals surface area contributed by atoms with Gasteiger partial charge in [0.2, 0.25) is 11.7 Å². The van der Waals surface area contributed by atoms with E-state index in [1.54, 1.807) is 12.1 Å². The molecule has 0 unspecified atom stereocenters. The van der Waals surface area contributed by atoms with Crippen molar-refractivity contribution in [2.24, 2.45) is 0 Å². The second-order valence-corrected chi connectivity index (χ2v) is 9.83. The van der Waals surface area contributed by atoms with Crippen LogP contribution in [0.15, 0.2) is 77.3 Å². The fraction of sp³-hybridized carbons (Fsp3) is 0.214. The molecule has 0 aliphatic rings.